The molecule has 0 atom stereocenters. The summed E-state index contributed by atoms with van der Waals surface area (Å²) in [6.45, 7) is 3.76. The number of aromatic nitrogens is 1. The lowest BCUT2D eigenvalue weighted by Crippen LogP contribution is -2.29. The highest BCUT2D eigenvalue weighted by Crippen LogP contribution is 2.11. The zero-order valence-corrected chi connectivity index (χ0v) is 10.6. The fourth-order valence-corrected chi connectivity index (χ4v) is 1.60. The monoisotopic (exact) mass is 241 g/mol. The van der Waals surface area contributed by atoms with Crippen LogP contribution in [0.3, 0.4) is 0 Å². The topological polar surface area (TPSA) is 33.0 Å². The lowest BCUT2D eigenvalue weighted by molar-refractivity contribution is -0.595. The summed E-state index contributed by atoms with van der Waals surface area (Å²) < 4.78 is 2.00. The molecular formula is C15H17N2O+. The molecule has 2 rings (SSSR count). The van der Waals surface area contributed by atoms with Gasteiger partial charge in [-0.1, -0.05) is 26.0 Å². The molecule has 0 saturated carbocycles. The van der Waals surface area contributed by atoms with Crippen molar-refractivity contribution in [1.82, 2.24) is 0 Å². The number of rotatable bonds is 3. The van der Waals surface area contributed by atoms with Crippen molar-refractivity contribution in [2.45, 2.75) is 13.8 Å². The number of hydrogen-bond donors (Lipinski definition) is 1. The minimum Gasteiger partial charge on any atom is -0.326 e. The lowest BCUT2D eigenvalue weighted by Gasteiger charge is -2.07. The van der Waals surface area contributed by atoms with Gasteiger partial charge in [-0.15, -0.1) is 0 Å². The molecule has 3 heteroatoms. The highest BCUT2D eigenvalue weighted by molar-refractivity contribution is 5.92. The summed E-state index contributed by atoms with van der Waals surface area (Å²) in [5.41, 5.74) is 1.85. The van der Waals surface area contributed by atoms with Crippen molar-refractivity contribution < 1.29 is 9.36 Å². The summed E-state index contributed by atoms with van der Waals surface area (Å²) in [5.74, 6) is 0.0169. The molecule has 92 valence electrons. The fraction of sp³-hybridized carbons (Fsp3) is 0.200. The molecule has 0 fully saturated rings. The largest absolute Gasteiger partial charge is 0.326 e. The zero-order valence-electron chi connectivity index (χ0n) is 10.6. The molecule has 0 aliphatic heterocycles. The molecule has 3 nitrogen and oxygen atoms in total. The number of benzene rings is 1. The third kappa shape index (κ3) is 2.94. The Kier molecular flexibility index (Phi) is 3.72. The Morgan fingerprint density at radius 2 is 1.83 bits per heavy atom. The van der Waals surface area contributed by atoms with Crippen LogP contribution < -0.4 is 9.88 Å². The summed E-state index contributed by atoms with van der Waals surface area (Å²) in [6, 6.07) is 13.7. The molecule has 0 aliphatic rings. The first kappa shape index (κ1) is 12.3. The average molecular weight is 241 g/mol. The molecule has 0 aliphatic carbocycles. The summed E-state index contributed by atoms with van der Waals surface area (Å²) in [4.78, 5) is 11.6. The van der Waals surface area contributed by atoms with Gasteiger partial charge < -0.3 is 5.32 Å². The number of anilines is 1. The van der Waals surface area contributed by atoms with Crippen LogP contribution in [0.15, 0.2) is 54.9 Å². The van der Waals surface area contributed by atoms with Gasteiger partial charge in [-0.2, -0.15) is 4.57 Å². The smallest absolute Gasteiger partial charge is 0.226 e. The van der Waals surface area contributed by atoms with E-state index in [-0.39, 0.29) is 11.8 Å². The maximum atomic E-state index is 11.6. The molecule has 0 radical (unpaired) electrons. The second kappa shape index (κ2) is 5.45. The van der Waals surface area contributed by atoms with E-state index in [4.69, 9.17) is 0 Å². The average Bonchev–Trinajstić information content (AvgIpc) is 2.40. The van der Waals surface area contributed by atoms with E-state index >= 15 is 0 Å². The van der Waals surface area contributed by atoms with E-state index in [1.807, 2.05) is 73.3 Å². The van der Waals surface area contributed by atoms with Crippen molar-refractivity contribution in [2.24, 2.45) is 5.92 Å². The van der Waals surface area contributed by atoms with Crippen LogP contribution >= 0.6 is 0 Å². The molecule has 0 bridgehead atoms. The van der Waals surface area contributed by atoms with Crippen molar-refractivity contribution in [3.05, 3.63) is 54.9 Å². The predicted molar refractivity (Wildman–Crippen MR) is 71.4 cm³/mol. The molecule has 1 heterocycles. The number of nitrogens with one attached hydrogen (secondary N) is 1. The predicted octanol–water partition coefficient (Wildman–Crippen LogP) is 2.56. The molecule has 0 saturated heterocycles. The third-order valence-electron chi connectivity index (χ3n) is 2.65. The molecule has 18 heavy (non-hydrogen) atoms. The Labute approximate surface area is 107 Å². The Morgan fingerprint density at radius 3 is 2.50 bits per heavy atom. The summed E-state index contributed by atoms with van der Waals surface area (Å²) >= 11 is 0. The van der Waals surface area contributed by atoms with Gasteiger partial charge >= 0.3 is 0 Å². The van der Waals surface area contributed by atoms with Gasteiger partial charge in [0, 0.05) is 35.9 Å². The minimum absolute atomic E-state index is 0.0157. The molecular weight excluding hydrogens is 224 g/mol. The highest BCUT2D eigenvalue weighted by Gasteiger charge is 2.09. The number of pyridine rings is 1. The van der Waals surface area contributed by atoms with Gasteiger partial charge in [0.2, 0.25) is 11.6 Å². The summed E-state index contributed by atoms with van der Waals surface area (Å²) in [6.07, 6.45) is 3.95. The number of hydrogen-bond acceptors (Lipinski definition) is 1. The zero-order chi connectivity index (χ0) is 13.0. The van der Waals surface area contributed by atoms with Gasteiger partial charge in [0.1, 0.15) is 0 Å². The van der Waals surface area contributed by atoms with Crippen LogP contribution in [0.4, 0.5) is 5.69 Å². The second-order valence-corrected chi connectivity index (χ2v) is 4.48. The molecule has 1 N–H and O–H groups in total. The maximum absolute atomic E-state index is 11.6. The van der Waals surface area contributed by atoms with Crippen LogP contribution in [0.1, 0.15) is 13.8 Å². The van der Waals surface area contributed by atoms with Crippen molar-refractivity contribution in [2.75, 3.05) is 5.32 Å². The maximum Gasteiger partial charge on any atom is 0.226 e. The first-order chi connectivity index (χ1) is 8.66. The molecule has 2 aromatic rings. The van der Waals surface area contributed by atoms with Crippen LogP contribution in [0.2, 0.25) is 0 Å². The minimum atomic E-state index is -0.0157. The number of carbonyl (C=O) groups is 1. The number of nitrogens with zero attached hydrogens (tertiary/aromatic N) is 1. The lowest BCUT2D eigenvalue weighted by atomic mass is 10.2. The Bertz CT molecular complexity index is 535. The van der Waals surface area contributed by atoms with Crippen molar-refractivity contribution in [3.63, 3.8) is 0 Å². The summed E-state index contributed by atoms with van der Waals surface area (Å²) in [7, 11) is 0. The van der Waals surface area contributed by atoms with Gasteiger partial charge in [-0.3, -0.25) is 4.79 Å². The Balaban J connectivity index is 2.23. The van der Waals surface area contributed by atoms with Crippen LogP contribution in [0.25, 0.3) is 5.69 Å². The van der Waals surface area contributed by atoms with Crippen LogP contribution in [0, 0.1) is 5.92 Å². The first-order valence-electron chi connectivity index (χ1n) is 6.04. The van der Waals surface area contributed by atoms with E-state index in [1.165, 1.54) is 0 Å². The Morgan fingerprint density at radius 1 is 1.11 bits per heavy atom. The van der Waals surface area contributed by atoms with E-state index in [9.17, 15) is 4.79 Å². The Hall–Kier alpha value is -2.16. The van der Waals surface area contributed by atoms with E-state index < -0.39 is 0 Å². The van der Waals surface area contributed by atoms with E-state index in [0.717, 1.165) is 11.4 Å². The van der Waals surface area contributed by atoms with Crippen molar-refractivity contribution in [1.29, 1.82) is 0 Å². The third-order valence-corrected chi connectivity index (χ3v) is 2.65. The van der Waals surface area contributed by atoms with Gasteiger partial charge in [-0.05, 0) is 6.07 Å². The van der Waals surface area contributed by atoms with Gasteiger partial charge in [0.15, 0.2) is 12.4 Å². The van der Waals surface area contributed by atoms with Gasteiger partial charge in [0.05, 0.1) is 0 Å². The van der Waals surface area contributed by atoms with Gasteiger partial charge in [0.25, 0.3) is 0 Å². The van der Waals surface area contributed by atoms with E-state index in [1.54, 1.807) is 0 Å². The summed E-state index contributed by atoms with van der Waals surface area (Å²) in [5, 5.41) is 2.90. The van der Waals surface area contributed by atoms with Gasteiger partial charge in [-0.25, -0.2) is 0 Å². The quantitative estimate of drug-likeness (QED) is 0.823. The van der Waals surface area contributed by atoms with Crippen LogP contribution in [-0.2, 0) is 4.79 Å². The molecule has 1 aromatic carbocycles. The van der Waals surface area contributed by atoms with E-state index in [2.05, 4.69) is 5.32 Å². The molecule has 1 aromatic heterocycles. The second-order valence-electron chi connectivity index (χ2n) is 4.48. The molecule has 1 amide bonds. The molecule has 0 unspecified atom stereocenters. The first-order valence-corrected chi connectivity index (χ1v) is 6.04. The van der Waals surface area contributed by atoms with E-state index in [0.29, 0.717) is 0 Å². The number of amides is 1. The van der Waals surface area contributed by atoms with Crippen molar-refractivity contribution in [3.8, 4) is 5.69 Å². The highest BCUT2D eigenvalue weighted by atomic mass is 16.1. The van der Waals surface area contributed by atoms with Crippen molar-refractivity contribution >= 4 is 11.6 Å². The molecule has 0 spiro atoms. The van der Waals surface area contributed by atoms with Crippen LogP contribution in [0.5, 0.6) is 0 Å². The standard InChI is InChI=1S/C15H16N2O/c1-12(2)15(18)16-13-7-6-8-14(11-13)17-9-4-3-5-10-17/h3-12H,1-2H3/p+1. The number of carbonyl (C=O) groups excluding carboxylic acids is 1. The fourth-order valence-electron chi connectivity index (χ4n) is 1.60. The normalized spacial score (nSPS) is 10.4. The van der Waals surface area contributed by atoms with Crippen LogP contribution in [-0.4, -0.2) is 5.91 Å². The SMILES string of the molecule is CC(C)C(=O)Nc1cccc(-[n+]2ccccc2)c1.